The zero-order valence-electron chi connectivity index (χ0n) is 12.3. The lowest BCUT2D eigenvalue weighted by Crippen LogP contribution is -2.27. The molecule has 0 radical (unpaired) electrons. The van der Waals surface area contributed by atoms with Gasteiger partial charge < -0.3 is 10.3 Å². The number of carbonyl (C=O) groups excluding carboxylic acids is 1. The first-order valence-electron chi connectivity index (χ1n) is 7.53. The summed E-state index contributed by atoms with van der Waals surface area (Å²) in [7, 11) is 0. The normalized spacial score (nSPS) is 16.3. The SMILES string of the molecule is O=C(NC1CCc2ccccc21)c1c[nH]cc1-c1ccc(Cl)s1. The molecule has 0 aliphatic heterocycles. The molecule has 5 heteroatoms. The zero-order chi connectivity index (χ0) is 15.8. The van der Waals surface area contributed by atoms with Crippen molar-refractivity contribution in [3.63, 3.8) is 0 Å². The number of halogens is 1. The van der Waals surface area contributed by atoms with E-state index in [-0.39, 0.29) is 11.9 Å². The fourth-order valence-electron chi connectivity index (χ4n) is 3.16. The molecule has 0 bridgehead atoms. The Labute approximate surface area is 143 Å². The van der Waals surface area contributed by atoms with E-state index in [9.17, 15) is 4.79 Å². The molecule has 2 aromatic heterocycles. The molecule has 1 aliphatic carbocycles. The van der Waals surface area contributed by atoms with Crippen molar-refractivity contribution in [3.05, 3.63) is 69.8 Å². The number of hydrogen-bond donors (Lipinski definition) is 2. The standard InChI is InChI=1S/C18H15ClN2OS/c19-17-8-7-16(23-17)13-9-20-10-14(13)18(22)21-15-6-5-11-3-1-2-4-12(11)15/h1-4,7-10,15,20H,5-6H2,(H,21,22). The molecule has 1 amide bonds. The maximum absolute atomic E-state index is 12.7. The van der Waals surface area contributed by atoms with Crippen molar-refractivity contribution in [1.82, 2.24) is 10.3 Å². The molecule has 2 N–H and O–H groups in total. The minimum absolute atomic E-state index is 0.0486. The van der Waals surface area contributed by atoms with Gasteiger partial charge in [-0.3, -0.25) is 4.79 Å². The second kappa shape index (κ2) is 5.87. The van der Waals surface area contributed by atoms with Crippen LogP contribution in [0.5, 0.6) is 0 Å². The number of rotatable bonds is 3. The average molecular weight is 343 g/mol. The molecule has 2 heterocycles. The Hall–Kier alpha value is -2.04. The van der Waals surface area contributed by atoms with Gasteiger partial charge in [0.15, 0.2) is 0 Å². The average Bonchev–Trinajstić information content (AvgIpc) is 3.26. The lowest BCUT2D eigenvalue weighted by molar-refractivity contribution is 0.0937. The van der Waals surface area contributed by atoms with Gasteiger partial charge in [0, 0.05) is 22.8 Å². The summed E-state index contributed by atoms with van der Waals surface area (Å²) < 4.78 is 0.720. The molecule has 116 valence electrons. The zero-order valence-corrected chi connectivity index (χ0v) is 13.9. The Morgan fingerprint density at radius 2 is 2.09 bits per heavy atom. The van der Waals surface area contributed by atoms with Crippen LogP contribution >= 0.6 is 22.9 Å². The van der Waals surface area contributed by atoms with Crippen LogP contribution in [-0.2, 0) is 6.42 Å². The molecule has 3 nitrogen and oxygen atoms in total. The lowest BCUT2D eigenvalue weighted by Gasteiger charge is -2.14. The van der Waals surface area contributed by atoms with Crippen molar-refractivity contribution in [2.45, 2.75) is 18.9 Å². The highest BCUT2D eigenvalue weighted by atomic mass is 35.5. The molecule has 3 aromatic rings. The van der Waals surface area contributed by atoms with E-state index in [0.717, 1.165) is 27.6 Å². The number of aromatic nitrogens is 1. The second-order valence-electron chi connectivity index (χ2n) is 5.65. The van der Waals surface area contributed by atoms with Gasteiger partial charge in [0.05, 0.1) is 15.9 Å². The van der Waals surface area contributed by atoms with Crippen LogP contribution in [0.2, 0.25) is 4.34 Å². The summed E-state index contributed by atoms with van der Waals surface area (Å²) in [6.07, 6.45) is 5.57. The van der Waals surface area contributed by atoms with E-state index in [1.807, 2.05) is 30.5 Å². The first-order chi connectivity index (χ1) is 11.2. The number of aromatic amines is 1. The summed E-state index contributed by atoms with van der Waals surface area (Å²) in [6, 6.07) is 12.2. The van der Waals surface area contributed by atoms with Crippen LogP contribution in [0.1, 0.15) is 33.9 Å². The van der Waals surface area contributed by atoms with Crippen LogP contribution in [0.15, 0.2) is 48.8 Å². The molecule has 1 aliphatic rings. The minimum atomic E-state index is -0.0486. The number of benzene rings is 1. The predicted octanol–water partition coefficient (Wildman–Crippen LogP) is 4.81. The Kier molecular flexibility index (Phi) is 3.71. The van der Waals surface area contributed by atoms with Gasteiger partial charge in [-0.15, -0.1) is 11.3 Å². The van der Waals surface area contributed by atoms with Gasteiger partial charge in [-0.1, -0.05) is 35.9 Å². The molecule has 0 saturated carbocycles. The number of carbonyl (C=O) groups is 1. The van der Waals surface area contributed by atoms with Crippen LogP contribution in [0.3, 0.4) is 0 Å². The van der Waals surface area contributed by atoms with Gasteiger partial charge in [-0.05, 0) is 36.1 Å². The minimum Gasteiger partial charge on any atom is -0.366 e. The van der Waals surface area contributed by atoms with Gasteiger partial charge in [0.25, 0.3) is 5.91 Å². The first kappa shape index (κ1) is 14.5. The fraction of sp³-hybridized carbons (Fsp3) is 0.167. The molecule has 0 fully saturated rings. The van der Waals surface area contributed by atoms with Gasteiger partial charge in [-0.25, -0.2) is 0 Å². The third-order valence-electron chi connectivity index (χ3n) is 4.27. The van der Waals surface area contributed by atoms with Crippen LogP contribution in [0.25, 0.3) is 10.4 Å². The third-order valence-corrected chi connectivity index (χ3v) is 5.53. The fourth-order valence-corrected chi connectivity index (χ4v) is 4.23. The maximum Gasteiger partial charge on any atom is 0.253 e. The largest absolute Gasteiger partial charge is 0.366 e. The molecular formula is C18H15ClN2OS. The highest BCUT2D eigenvalue weighted by Gasteiger charge is 2.25. The molecule has 4 rings (SSSR count). The first-order valence-corrected chi connectivity index (χ1v) is 8.73. The monoisotopic (exact) mass is 342 g/mol. The lowest BCUT2D eigenvalue weighted by atomic mass is 10.1. The Balaban J connectivity index is 1.58. The Bertz CT molecular complexity index is 867. The van der Waals surface area contributed by atoms with Crippen molar-refractivity contribution < 1.29 is 4.79 Å². The summed E-state index contributed by atoms with van der Waals surface area (Å²) in [5, 5.41) is 3.17. The van der Waals surface area contributed by atoms with Gasteiger partial charge in [0.1, 0.15) is 0 Å². The third kappa shape index (κ3) is 2.69. The summed E-state index contributed by atoms with van der Waals surface area (Å²) >= 11 is 7.48. The van der Waals surface area contributed by atoms with Gasteiger partial charge in [-0.2, -0.15) is 0 Å². The topological polar surface area (TPSA) is 44.9 Å². The molecule has 0 saturated heterocycles. The Morgan fingerprint density at radius 3 is 2.91 bits per heavy atom. The highest BCUT2D eigenvalue weighted by molar-refractivity contribution is 7.19. The van der Waals surface area contributed by atoms with Crippen LogP contribution in [0, 0.1) is 0 Å². The molecule has 1 unspecified atom stereocenters. The van der Waals surface area contributed by atoms with Crippen molar-refractivity contribution >= 4 is 28.8 Å². The van der Waals surface area contributed by atoms with Crippen LogP contribution in [-0.4, -0.2) is 10.9 Å². The van der Waals surface area contributed by atoms with Crippen molar-refractivity contribution in [2.24, 2.45) is 0 Å². The summed E-state index contributed by atoms with van der Waals surface area (Å²) in [5.74, 6) is -0.0486. The molecular weight excluding hydrogens is 328 g/mol. The number of aryl methyl sites for hydroxylation is 1. The van der Waals surface area contributed by atoms with E-state index in [4.69, 9.17) is 11.6 Å². The summed E-state index contributed by atoms with van der Waals surface area (Å²) in [5.41, 5.74) is 4.12. The van der Waals surface area contributed by atoms with Crippen molar-refractivity contribution in [2.75, 3.05) is 0 Å². The summed E-state index contributed by atoms with van der Waals surface area (Å²) in [4.78, 5) is 16.7. The summed E-state index contributed by atoms with van der Waals surface area (Å²) in [6.45, 7) is 0. The molecule has 23 heavy (non-hydrogen) atoms. The van der Waals surface area contributed by atoms with E-state index in [2.05, 4.69) is 22.4 Å². The van der Waals surface area contributed by atoms with E-state index in [0.29, 0.717) is 5.56 Å². The number of fused-ring (bicyclic) bond motifs is 1. The van der Waals surface area contributed by atoms with Gasteiger partial charge in [0.2, 0.25) is 0 Å². The number of nitrogens with one attached hydrogen (secondary N) is 2. The quantitative estimate of drug-likeness (QED) is 0.704. The van der Waals surface area contributed by atoms with Gasteiger partial charge >= 0.3 is 0 Å². The number of thiophene rings is 1. The van der Waals surface area contributed by atoms with Crippen molar-refractivity contribution in [1.29, 1.82) is 0 Å². The molecule has 1 aromatic carbocycles. The second-order valence-corrected chi connectivity index (χ2v) is 7.37. The van der Waals surface area contributed by atoms with E-state index >= 15 is 0 Å². The van der Waals surface area contributed by atoms with Crippen LogP contribution in [0.4, 0.5) is 0 Å². The number of amides is 1. The molecule has 1 atom stereocenters. The Morgan fingerprint density at radius 1 is 1.22 bits per heavy atom. The van der Waals surface area contributed by atoms with Crippen LogP contribution < -0.4 is 5.32 Å². The molecule has 0 spiro atoms. The van der Waals surface area contributed by atoms with Crippen molar-refractivity contribution in [3.8, 4) is 10.4 Å². The van der Waals surface area contributed by atoms with E-state index < -0.39 is 0 Å². The highest BCUT2D eigenvalue weighted by Crippen LogP contribution is 2.34. The van der Waals surface area contributed by atoms with E-state index in [1.54, 1.807) is 6.20 Å². The smallest absolute Gasteiger partial charge is 0.253 e. The number of H-pyrrole nitrogens is 1. The predicted molar refractivity (Wildman–Crippen MR) is 94.1 cm³/mol. The maximum atomic E-state index is 12.7. The number of hydrogen-bond acceptors (Lipinski definition) is 2. The van der Waals surface area contributed by atoms with E-state index in [1.165, 1.54) is 22.5 Å².